The Kier molecular flexibility index (Phi) is 4.20. The Morgan fingerprint density at radius 3 is 2.91 bits per heavy atom. The maximum atomic E-state index is 12.2. The van der Waals surface area contributed by atoms with Gasteiger partial charge in [0.1, 0.15) is 10.9 Å². The number of aryl methyl sites for hydroxylation is 1. The average Bonchev–Trinajstić information content (AvgIpc) is 2.99. The van der Waals surface area contributed by atoms with Crippen molar-refractivity contribution in [2.45, 2.75) is 12.2 Å². The number of hydrogen-bond acceptors (Lipinski definition) is 6. The Labute approximate surface area is 136 Å². The first kappa shape index (κ1) is 15.3. The fraction of sp³-hybridized carbons (Fsp3) is 0.286. The number of aromatic nitrogens is 2. The lowest BCUT2D eigenvalue weighted by molar-refractivity contribution is -0.126. The summed E-state index contributed by atoms with van der Waals surface area (Å²) < 4.78 is 0. The minimum Gasteiger partial charge on any atom is -0.349 e. The van der Waals surface area contributed by atoms with Crippen LogP contribution >= 0.6 is 11.8 Å². The number of nitrogens with zero attached hydrogens (tertiary/aromatic N) is 4. The summed E-state index contributed by atoms with van der Waals surface area (Å²) in [6.45, 7) is 1.96. The van der Waals surface area contributed by atoms with E-state index >= 15 is 0 Å². The molecule has 0 saturated heterocycles. The van der Waals surface area contributed by atoms with Crippen molar-refractivity contribution in [3.8, 4) is 0 Å². The molecule has 3 heterocycles. The lowest BCUT2D eigenvalue weighted by Gasteiger charge is -2.25. The second-order valence-electron chi connectivity index (χ2n) is 4.93. The predicted molar refractivity (Wildman–Crippen MR) is 84.2 cm³/mol. The number of nitrogens with one attached hydrogen (secondary N) is 1. The van der Waals surface area contributed by atoms with Gasteiger partial charge in [0.25, 0.3) is 5.91 Å². The highest BCUT2D eigenvalue weighted by Gasteiger charge is 2.38. The number of fused-ring (bicyclic) bond motifs is 1. The molecule has 4 amide bonds. The quantitative estimate of drug-likeness (QED) is 0.864. The Morgan fingerprint density at radius 1 is 1.35 bits per heavy atom. The molecular weight excluding hydrogens is 318 g/mol. The number of aliphatic imine (C=N–C) groups is 1. The molecule has 2 aliphatic rings. The third kappa shape index (κ3) is 3.14. The number of thioether (sulfide) groups is 1. The standard InChI is InChI=1S/C14H13N5O3S/c1-8-6-17-10(7-16-8)12(20)15-3-4-19-13(21)11-9(2-5-23-11)18-14(19)22/h2,5-7,11H,3-4H2,1H3,(H,15,20). The molecule has 3 rings (SSSR count). The molecule has 0 aromatic carbocycles. The molecule has 0 aliphatic carbocycles. The van der Waals surface area contributed by atoms with Gasteiger partial charge in [-0.25, -0.2) is 9.78 Å². The summed E-state index contributed by atoms with van der Waals surface area (Å²) >= 11 is 1.32. The maximum absolute atomic E-state index is 12.2. The van der Waals surface area contributed by atoms with Crippen molar-refractivity contribution in [1.82, 2.24) is 20.2 Å². The minimum absolute atomic E-state index is 0.0660. The zero-order chi connectivity index (χ0) is 16.4. The molecule has 0 radical (unpaired) electrons. The van der Waals surface area contributed by atoms with E-state index in [1.807, 2.05) is 0 Å². The van der Waals surface area contributed by atoms with Crippen LogP contribution in [0.4, 0.5) is 4.79 Å². The van der Waals surface area contributed by atoms with Gasteiger partial charge in [0.15, 0.2) is 0 Å². The lowest BCUT2D eigenvalue weighted by Crippen LogP contribution is -2.49. The SMILES string of the molecule is Cc1cnc(C(=O)NCCN2C(=O)N=C3C=CSC3C2=O)cn1. The van der Waals surface area contributed by atoms with Gasteiger partial charge in [-0.15, -0.1) is 11.8 Å². The van der Waals surface area contributed by atoms with Crippen LogP contribution in [0.3, 0.4) is 0 Å². The molecule has 9 heteroatoms. The van der Waals surface area contributed by atoms with E-state index in [0.717, 1.165) is 4.90 Å². The topological polar surface area (TPSA) is 105 Å². The van der Waals surface area contributed by atoms with Crippen LogP contribution in [0.15, 0.2) is 28.9 Å². The molecular formula is C14H13N5O3S. The van der Waals surface area contributed by atoms with Gasteiger partial charge in [0.05, 0.1) is 17.6 Å². The first-order valence-electron chi connectivity index (χ1n) is 6.89. The molecule has 1 unspecified atom stereocenters. The first-order chi connectivity index (χ1) is 11.1. The predicted octanol–water partition coefficient (Wildman–Crippen LogP) is 0.547. The van der Waals surface area contributed by atoms with Gasteiger partial charge < -0.3 is 5.32 Å². The van der Waals surface area contributed by atoms with Crippen LogP contribution in [0, 0.1) is 6.92 Å². The summed E-state index contributed by atoms with van der Waals surface area (Å²) in [6, 6.07) is -0.599. The number of rotatable bonds is 4. The molecule has 0 spiro atoms. The van der Waals surface area contributed by atoms with Gasteiger partial charge in [-0.2, -0.15) is 4.99 Å². The van der Waals surface area contributed by atoms with E-state index in [9.17, 15) is 14.4 Å². The van der Waals surface area contributed by atoms with Crippen molar-refractivity contribution in [3.05, 3.63) is 35.3 Å². The highest BCUT2D eigenvalue weighted by molar-refractivity contribution is 8.04. The molecule has 0 fully saturated rings. The fourth-order valence-electron chi connectivity index (χ4n) is 2.12. The smallest absolute Gasteiger partial charge is 0.349 e. The molecule has 8 nitrogen and oxygen atoms in total. The number of carbonyl (C=O) groups is 3. The number of imide groups is 1. The Hall–Kier alpha value is -2.55. The molecule has 23 heavy (non-hydrogen) atoms. The van der Waals surface area contributed by atoms with Gasteiger partial charge in [-0.3, -0.25) is 19.5 Å². The average molecular weight is 331 g/mol. The Balaban J connectivity index is 1.56. The van der Waals surface area contributed by atoms with Crippen LogP contribution in [-0.2, 0) is 4.79 Å². The van der Waals surface area contributed by atoms with E-state index in [1.165, 1.54) is 24.2 Å². The van der Waals surface area contributed by atoms with Crippen LogP contribution < -0.4 is 5.32 Å². The normalized spacial score (nSPS) is 19.6. The zero-order valence-electron chi connectivity index (χ0n) is 12.2. The number of urea groups is 1. The summed E-state index contributed by atoms with van der Waals surface area (Å²) in [5, 5.41) is 3.90. The number of hydrogen-bond donors (Lipinski definition) is 1. The molecule has 1 aromatic rings. The van der Waals surface area contributed by atoms with E-state index in [-0.39, 0.29) is 24.7 Å². The van der Waals surface area contributed by atoms with Gasteiger partial charge in [-0.1, -0.05) is 0 Å². The van der Waals surface area contributed by atoms with E-state index in [4.69, 9.17) is 0 Å². The van der Waals surface area contributed by atoms with Gasteiger partial charge in [0.2, 0.25) is 5.91 Å². The monoisotopic (exact) mass is 331 g/mol. The molecule has 2 aliphatic heterocycles. The number of amides is 4. The van der Waals surface area contributed by atoms with Crippen LogP contribution in [0.2, 0.25) is 0 Å². The second-order valence-corrected chi connectivity index (χ2v) is 5.94. The van der Waals surface area contributed by atoms with E-state index in [2.05, 4.69) is 20.3 Å². The molecule has 0 saturated carbocycles. The van der Waals surface area contributed by atoms with E-state index in [0.29, 0.717) is 11.4 Å². The number of allylic oxidation sites excluding steroid dienone is 1. The first-order valence-corrected chi connectivity index (χ1v) is 7.83. The van der Waals surface area contributed by atoms with Crippen molar-refractivity contribution in [1.29, 1.82) is 0 Å². The van der Waals surface area contributed by atoms with Crippen LogP contribution in [-0.4, -0.2) is 56.8 Å². The number of carbonyl (C=O) groups excluding carboxylic acids is 3. The van der Waals surface area contributed by atoms with Crippen molar-refractivity contribution in [2.75, 3.05) is 13.1 Å². The van der Waals surface area contributed by atoms with Gasteiger partial charge >= 0.3 is 6.03 Å². The van der Waals surface area contributed by atoms with Crippen LogP contribution in [0.25, 0.3) is 0 Å². The zero-order valence-corrected chi connectivity index (χ0v) is 13.0. The van der Waals surface area contributed by atoms with Gasteiger partial charge in [0, 0.05) is 19.3 Å². The Morgan fingerprint density at radius 2 is 2.17 bits per heavy atom. The van der Waals surface area contributed by atoms with Crippen LogP contribution in [0.1, 0.15) is 16.2 Å². The van der Waals surface area contributed by atoms with Crippen molar-refractivity contribution in [2.24, 2.45) is 4.99 Å². The molecule has 1 N–H and O–H groups in total. The minimum atomic E-state index is -0.599. The molecule has 0 bridgehead atoms. The molecule has 1 aromatic heterocycles. The van der Waals surface area contributed by atoms with Gasteiger partial charge in [-0.05, 0) is 18.4 Å². The van der Waals surface area contributed by atoms with Crippen molar-refractivity contribution in [3.63, 3.8) is 0 Å². The Bertz CT molecular complexity index is 728. The molecule has 118 valence electrons. The summed E-state index contributed by atoms with van der Waals surface area (Å²) in [5.41, 5.74) is 1.38. The summed E-state index contributed by atoms with van der Waals surface area (Å²) in [4.78, 5) is 48.9. The molecule has 1 atom stereocenters. The third-order valence-corrected chi connectivity index (χ3v) is 4.31. The van der Waals surface area contributed by atoms with Crippen LogP contribution in [0.5, 0.6) is 0 Å². The van der Waals surface area contributed by atoms with E-state index < -0.39 is 17.2 Å². The highest BCUT2D eigenvalue weighted by Crippen LogP contribution is 2.27. The lowest BCUT2D eigenvalue weighted by atomic mass is 10.2. The van der Waals surface area contributed by atoms with Crippen molar-refractivity contribution >= 4 is 35.3 Å². The fourth-order valence-corrected chi connectivity index (χ4v) is 3.01. The summed E-state index contributed by atoms with van der Waals surface area (Å²) in [5.74, 6) is -0.713. The maximum Gasteiger partial charge on any atom is 0.350 e. The summed E-state index contributed by atoms with van der Waals surface area (Å²) in [7, 11) is 0. The van der Waals surface area contributed by atoms with E-state index in [1.54, 1.807) is 18.4 Å². The second kappa shape index (κ2) is 6.29. The highest BCUT2D eigenvalue weighted by atomic mass is 32.2. The van der Waals surface area contributed by atoms with Crippen molar-refractivity contribution < 1.29 is 14.4 Å². The largest absolute Gasteiger partial charge is 0.350 e. The third-order valence-electron chi connectivity index (χ3n) is 3.30. The summed E-state index contributed by atoms with van der Waals surface area (Å²) in [6.07, 6.45) is 4.53.